The molecule has 1 fully saturated rings. The maximum Gasteiger partial charge on any atom is 0.321 e. The Bertz CT molecular complexity index is 1110. The summed E-state index contributed by atoms with van der Waals surface area (Å²) in [6.07, 6.45) is 5.06. The second-order valence-corrected chi connectivity index (χ2v) is 10.0. The first-order valence-electron chi connectivity index (χ1n) is 9.44. The highest BCUT2D eigenvalue weighted by atomic mass is 32.2. The molecule has 10 heteroatoms. The van der Waals surface area contributed by atoms with Crippen LogP contribution in [0.4, 0.5) is 5.69 Å². The fourth-order valence-electron chi connectivity index (χ4n) is 3.06. The van der Waals surface area contributed by atoms with Gasteiger partial charge in [-0.1, -0.05) is 0 Å². The van der Waals surface area contributed by atoms with Crippen LogP contribution in [0, 0.1) is 0 Å². The van der Waals surface area contributed by atoms with Gasteiger partial charge in [-0.15, -0.1) is 11.3 Å². The molecular formula is C20H20N4O4S2. The minimum Gasteiger partial charge on any atom is -0.424 e. The van der Waals surface area contributed by atoms with E-state index in [1.807, 2.05) is 0 Å². The predicted molar refractivity (Wildman–Crippen MR) is 113 cm³/mol. The van der Waals surface area contributed by atoms with Crippen LogP contribution in [-0.2, 0) is 21.2 Å². The second-order valence-electron chi connectivity index (χ2n) is 6.71. The molecular weight excluding hydrogens is 424 g/mol. The summed E-state index contributed by atoms with van der Waals surface area (Å²) in [5.41, 5.74) is 0.614. The number of nitrogens with zero attached hydrogens (tertiary/aromatic N) is 3. The predicted octanol–water partition coefficient (Wildman–Crippen LogP) is 3.30. The van der Waals surface area contributed by atoms with Crippen molar-refractivity contribution in [3.05, 3.63) is 59.7 Å². The molecule has 0 bridgehead atoms. The Kier molecular flexibility index (Phi) is 6.07. The van der Waals surface area contributed by atoms with Gasteiger partial charge in [-0.05, 0) is 55.3 Å². The standard InChI is InChI=1S/C20H20N4O4S2/c25-18(14-17-8-9-19(29-17)30(26,27)24-12-1-2-13-24)23-15-4-6-16(7-5-15)28-20-21-10-3-11-22-20/h3-11H,1-2,12-14H2,(H,23,25). The van der Waals surface area contributed by atoms with E-state index in [-0.39, 0.29) is 22.5 Å². The molecule has 3 aromatic rings. The van der Waals surface area contributed by atoms with E-state index in [0.29, 0.717) is 29.4 Å². The minimum atomic E-state index is -3.45. The van der Waals surface area contributed by atoms with Gasteiger partial charge in [-0.3, -0.25) is 4.79 Å². The number of aromatic nitrogens is 2. The van der Waals surface area contributed by atoms with E-state index >= 15 is 0 Å². The molecule has 156 valence electrons. The molecule has 0 unspecified atom stereocenters. The van der Waals surface area contributed by atoms with Crippen molar-refractivity contribution < 1.29 is 17.9 Å². The van der Waals surface area contributed by atoms with E-state index in [1.54, 1.807) is 54.9 Å². The van der Waals surface area contributed by atoms with E-state index in [2.05, 4.69) is 15.3 Å². The third-order valence-corrected chi connectivity index (χ3v) is 7.97. The minimum absolute atomic E-state index is 0.107. The van der Waals surface area contributed by atoms with Crippen LogP contribution in [-0.4, -0.2) is 41.7 Å². The second kappa shape index (κ2) is 8.90. The molecule has 1 aliphatic heterocycles. The number of carbonyl (C=O) groups is 1. The number of thiophene rings is 1. The molecule has 8 nitrogen and oxygen atoms in total. The van der Waals surface area contributed by atoms with Crippen molar-refractivity contribution in [1.82, 2.24) is 14.3 Å². The summed E-state index contributed by atoms with van der Waals surface area (Å²) in [4.78, 5) is 21.0. The molecule has 1 saturated heterocycles. The van der Waals surface area contributed by atoms with E-state index in [9.17, 15) is 13.2 Å². The van der Waals surface area contributed by atoms with Crippen molar-refractivity contribution in [3.63, 3.8) is 0 Å². The third-order valence-electron chi connectivity index (χ3n) is 4.52. The topological polar surface area (TPSA) is 101 Å². The Morgan fingerprint density at radius 1 is 1.07 bits per heavy atom. The molecule has 1 amide bonds. The van der Waals surface area contributed by atoms with Gasteiger partial charge >= 0.3 is 6.01 Å². The molecule has 0 radical (unpaired) electrons. The molecule has 1 N–H and O–H groups in total. The third kappa shape index (κ3) is 4.84. The monoisotopic (exact) mass is 444 g/mol. The summed E-state index contributed by atoms with van der Waals surface area (Å²) in [6.45, 7) is 1.12. The Morgan fingerprint density at radius 3 is 2.47 bits per heavy atom. The maximum atomic E-state index is 12.6. The smallest absolute Gasteiger partial charge is 0.321 e. The fraction of sp³-hybridized carbons (Fsp3) is 0.250. The first-order valence-corrected chi connectivity index (χ1v) is 11.7. The van der Waals surface area contributed by atoms with Gasteiger partial charge in [0.05, 0.1) is 6.42 Å². The summed E-state index contributed by atoms with van der Waals surface area (Å²) in [5.74, 6) is 0.330. The number of carbonyl (C=O) groups excluding carboxylic acids is 1. The Labute approximate surface area is 178 Å². The van der Waals surface area contributed by atoms with Crippen LogP contribution in [0.2, 0.25) is 0 Å². The van der Waals surface area contributed by atoms with Crippen LogP contribution in [0.5, 0.6) is 11.8 Å². The van der Waals surface area contributed by atoms with Crippen molar-refractivity contribution in [1.29, 1.82) is 0 Å². The number of ether oxygens (including phenoxy) is 1. The van der Waals surface area contributed by atoms with Crippen LogP contribution in [0.1, 0.15) is 17.7 Å². The first-order chi connectivity index (χ1) is 14.5. The van der Waals surface area contributed by atoms with Crippen molar-refractivity contribution in [2.45, 2.75) is 23.5 Å². The van der Waals surface area contributed by atoms with Crippen LogP contribution in [0.3, 0.4) is 0 Å². The molecule has 30 heavy (non-hydrogen) atoms. The zero-order valence-corrected chi connectivity index (χ0v) is 17.7. The fourth-order valence-corrected chi connectivity index (χ4v) is 6.09. The number of rotatable bonds is 7. The van der Waals surface area contributed by atoms with Crippen molar-refractivity contribution in [2.24, 2.45) is 0 Å². The van der Waals surface area contributed by atoms with E-state index in [1.165, 1.54) is 4.31 Å². The largest absolute Gasteiger partial charge is 0.424 e. The molecule has 2 aromatic heterocycles. The van der Waals surface area contributed by atoms with Gasteiger partial charge in [0.2, 0.25) is 5.91 Å². The lowest BCUT2D eigenvalue weighted by molar-refractivity contribution is -0.115. The van der Waals surface area contributed by atoms with Gasteiger partial charge < -0.3 is 10.1 Å². The summed E-state index contributed by atoms with van der Waals surface area (Å²) in [6, 6.07) is 12.1. The van der Waals surface area contributed by atoms with Crippen molar-refractivity contribution in [3.8, 4) is 11.8 Å². The molecule has 0 aliphatic carbocycles. The van der Waals surface area contributed by atoms with Crippen LogP contribution in [0.15, 0.2) is 59.1 Å². The molecule has 3 heterocycles. The normalized spacial score (nSPS) is 14.5. The van der Waals surface area contributed by atoms with Gasteiger partial charge in [0.1, 0.15) is 9.96 Å². The number of benzene rings is 1. The molecule has 4 rings (SSSR count). The molecule has 0 atom stereocenters. The summed E-state index contributed by atoms with van der Waals surface area (Å²) < 4.78 is 32.5. The van der Waals surface area contributed by atoms with Crippen LogP contribution < -0.4 is 10.1 Å². The number of amides is 1. The van der Waals surface area contributed by atoms with Gasteiger partial charge in [0, 0.05) is 36.0 Å². The number of sulfonamides is 1. The van der Waals surface area contributed by atoms with E-state index in [0.717, 1.165) is 24.2 Å². The van der Waals surface area contributed by atoms with Gasteiger partial charge in [-0.2, -0.15) is 4.31 Å². The number of hydrogen-bond donors (Lipinski definition) is 1. The summed E-state index contributed by atoms with van der Waals surface area (Å²) in [7, 11) is -3.45. The molecule has 0 saturated carbocycles. The quantitative estimate of drug-likeness (QED) is 0.600. The van der Waals surface area contributed by atoms with Crippen LogP contribution >= 0.6 is 11.3 Å². The molecule has 0 spiro atoms. The Balaban J connectivity index is 1.34. The van der Waals surface area contributed by atoms with E-state index in [4.69, 9.17) is 4.74 Å². The SMILES string of the molecule is O=C(Cc1ccc(S(=O)(=O)N2CCCC2)s1)Nc1ccc(Oc2ncccn2)cc1. The molecule has 1 aromatic carbocycles. The highest BCUT2D eigenvalue weighted by molar-refractivity contribution is 7.91. The zero-order chi connectivity index (χ0) is 21.0. The average molecular weight is 445 g/mol. The lowest BCUT2D eigenvalue weighted by Gasteiger charge is -2.13. The first kappa shape index (κ1) is 20.5. The maximum absolute atomic E-state index is 12.6. The zero-order valence-electron chi connectivity index (χ0n) is 16.0. The van der Waals surface area contributed by atoms with Crippen molar-refractivity contribution in [2.75, 3.05) is 18.4 Å². The number of nitrogens with one attached hydrogen (secondary N) is 1. The lowest BCUT2D eigenvalue weighted by Crippen LogP contribution is -2.27. The summed E-state index contributed by atoms with van der Waals surface area (Å²) >= 11 is 1.14. The van der Waals surface area contributed by atoms with Gasteiger partial charge in [-0.25, -0.2) is 18.4 Å². The lowest BCUT2D eigenvalue weighted by atomic mass is 10.2. The molecule has 1 aliphatic rings. The number of anilines is 1. The summed E-state index contributed by atoms with van der Waals surface area (Å²) in [5, 5.41) is 2.81. The number of hydrogen-bond acceptors (Lipinski definition) is 7. The van der Waals surface area contributed by atoms with Crippen LogP contribution in [0.25, 0.3) is 0 Å². The van der Waals surface area contributed by atoms with Gasteiger partial charge in [0.25, 0.3) is 10.0 Å². The highest BCUT2D eigenvalue weighted by Gasteiger charge is 2.28. The van der Waals surface area contributed by atoms with E-state index < -0.39 is 10.0 Å². The average Bonchev–Trinajstić information content (AvgIpc) is 3.43. The van der Waals surface area contributed by atoms with Gasteiger partial charge in [0.15, 0.2) is 0 Å². The highest BCUT2D eigenvalue weighted by Crippen LogP contribution is 2.28. The van der Waals surface area contributed by atoms with Crippen molar-refractivity contribution >= 4 is 33.0 Å². The Hall–Kier alpha value is -2.82. The Morgan fingerprint density at radius 2 is 1.77 bits per heavy atom.